The van der Waals surface area contributed by atoms with Gasteiger partial charge in [-0.25, -0.2) is 8.42 Å². The van der Waals surface area contributed by atoms with Crippen LogP contribution in [0.15, 0.2) is 29.1 Å². The summed E-state index contributed by atoms with van der Waals surface area (Å²) in [6, 6.07) is -2.94. The molecule has 106 valence electrons. The molecule has 0 aromatic heterocycles. The van der Waals surface area contributed by atoms with Crippen LogP contribution in [0.25, 0.3) is 0 Å². The molecule has 2 rings (SSSR count). The quantitative estimate of drug-likeness (QED) is 0.855. The van der Waals surface area contributed by atoms with Crippen LogP contribution in [-0.4, -0.2) is 39.1 Å². The molecule has 1 heterocycles. The van der Waals surface area contributed by atoms with Crippen LogP contribution in [0.1, 0.15) is 50.0 Å². The van der Waals surface area contributed by atoms with Gasteiger partial charge in [0.05, 0.1) is 10.4 Å². The Morgan fingerprint density at radius 1 is 1.58 bits per heavy atom. The lowest BCUT2D eigenvalue weighted by Crippen LogP contribution is -2.34. The third-order valence-corrected chi connectivity index (χ3v) is 3.84. The van der Waals surface area contributed by atoms with Gasteiger partial charge in [0.2, 0.25) is 0 Å². The van der Waals surface area contributed by atoms with Crippen molar-refractivity contribution >= 4 is 9.84 Å². The van der Waals surface area contributed by atoms with E-state index in [0.717, 1.165) is 0 Å². The molecular weight excluding hydrogens is 258 g/mol. The molecule has 0 N–H and O–H groups in total. The second-order valence-electron chi connectivity index (χ2n) is 4.54. The second kappa shape index (κ2) is 6.06. The molecule has 1 aliphatic rings. The Hall–Kier alpha value is -0.870. The minimum Gasteiger partial charge on any atom is -0.303 e. The molecule has 0 aliphatic carbocycles. The van der Waals surface area contributed by atoms with Gasteiger partial charge in [-0.3, -0.25) is 0 Å². The van der Waals surface area contributed by atoms with Crippen LogP contribution in [0.2, 0.25) is 0 Å². The molecule has 0 spiro atoms. The highest BCUT2D eigenvalue weighted by atomic mass is 32.2. The van der Waals surface area contributed by atoms with Gasteiger partial charge in [-0.15, -0.1) is 0 Å². The van der Waals surface area contributed by atoms with Gasteiger partial charge in [0, 0.05) is 19.6 Å². The first-order valence-corrected chi connectivity index (χ1v) is 7.75. The first-order valence-electron chi connectivity index (χ1n) is 10.8. The van der Waals surface area contributed by atoms with Gasteiger partial charge >= 0.3 is 0 Å². The van der Waals surface area contributed by atoms with Crippen molar-refractivity contribution in [2.45, 2.75) is 37.0 Å². The average molecular weight is 290 g/mol. The summed E-state index contributed by atoms with van der Waals surface area (Å²) in [5.41, 5.74) is -0.111. The molecule has 1 aliphatic heterocycles. The zero-order chi connectivity index (χ0) is 21.7. The van der Waals surface area contributed by atoms with Crippen molar-refractivity contribution in [3.8, 4) is 0 Å². The fourth-order valence-corrected chi connectivity index (χ4v) is 2.69. The van der Waals surface area contributed by atoms with Gasteiger partial charge in [-0.2, -0.15) is 0 Å². The lowest BCUT2D eigenvalue weighted by molar-refractivity contribution is 0.208. The smallest absolute Gasteiger partial charge is 0.175 e. The zero-order valence-corrected chi connectivity index (χ0v) is 11.6. The van der Waals surface area contributed by atoms with E-state index in [1.54, 1.807) is 11.8 Å². The fraction of sp³-hybridized carbons (Fsp3) is 0.600. The highest BCUT2D eigenvalue weighted by molar-refractivity contribution is 7.90. The lowest BCUT2D eigenvalue weighted by atomic mass is 9.90. The third-order valence-electron chi connectivity index (χ3n) is 3.10. The first kappa shape index (κ1) is 6.72. The van der Waals surface area contributed by atoms with E-state index >= 15 is 0 Å². The molecular formula is C15H23NO2S. The normalized spacial score (nSPS) is 29.7. The van der Waals surface area contributed by atoms with Crippen LogP contribution >= 0.6 is 0 Å². The largest absolute Gasteiger partial charge is 0.303 e. The van der Waals surface area contributed by atoms with E-state index in [-0.39, 0.29) is 18.5 Å². The standard InChI is InChI=1S/C15H23NO2S/c1-3-9-16-10-5-7-14(12-16)13-6-4-8-15(11-13)19(2,17)18/h4,6,8,11,14H,3,5,7,9-10,12H2,1-2H3/t14-/m1/s1/i2D3,4D,6D,8D,9D2,11D. The van der Waals surface area contributed by atoms with E-state index in [4.69, 9.17) is 12.3 Å². The van der Waals surface area contributed by atoms with E-state index < -0.39 is 57.5 Å². The molecule has 1 fully saturated rings. The Balaban J connectivity index is 2.67. The number of piperidine rings is 1. The predicted molar refractivity (Wildman–Crippen MR) is 78.3 cm³/mol. The number of sulfone groups is 1. The van der Waals surface area contributed by atoms with Crippen LogP contribution in [-0.2, 0) is 9.84 Å². The molecule has 0 bridgehead atoms. The molecule has 0 radical (unpaired) electrons. The maximum atomic E-state index is 12.4. The van der Waals surface area contributed by atoms with Crippen LogP contribution in [0.3, 0.4) is 0 Å². The fourth-order valence-electron chi connectivity index (χ4n) is 2.26. The highest BCUT2D eigenvalue weighted by Crippen LogP contribution is 2.28. The summed E-state index contributed by atoms with van der Waals surface area (Å²) in [6.07, 6.45) is -2.29. The minimum absolute atomic E-state index is 0.111. The second-order valence-corrected chi connectivity index (χ2v) is 5.96. The average Bonchev–Trinajstić information content (AvgIpc) is 2.59. The Morgan fingerprint density at radius 3 is 3.16 bits per heavy atom. The van der Waals surface area contributed by atoms with Gasteiger partial charge in [0.1, 0.15) is 0 Å². The maximum absolute atomic E-state index is 12.4. The topological polar surface area (TPSA) is 37.4 Å². The molecule has 0 saturated carbocycles. The van der Waals surface area contributed by atoms with Crippen molar-refractivity contribution in [2.24, 2.45) is 0 Å². The van der Waals surface area contributed by atoms with Crippen LogP contribution in [0, 0.1) is 0 Å². The van der Waals surface area contributed by atoms with Crippen molar-refractivity contribution in [1.82, 2.24) is 4.90 Å². The van der Waals surface area contributed by atoms with Crippen LogP contribution < -0.4 is 0 Å². The van der Waals surface area contributed by atoms with Gasteiger partial charge in [-0.1, -0.05) is 19.0 Å². The number of benzene rings is 1. The van der Waals surface area contributed by atoms with E-state index in [1.807, 2.05) is 0 Å². The van der Waals surface area contributed by atoms with E-state index in [0.29, 0.717) is 19.4 Å². The third kappa shape index (κ3) is 3.80. The molecule has 1 saturated heterocycles. The molecule has 4 heteroatoms. The molecule has 3 nitrogen and oxygen atoms in total. The Kier molecular flexibility index (Phi) is 2.14. The molecule has 1 aromatic rings. The monoisotopic (exact) mass is 290 g/mol. The molecule has 1 atom stereocenters. The van der Waals surface area contributed by atoms with Gasteiger partial charge in [0.15, 0.2) is 9.84 Å². The molecule has 0 amide bonds. The summed E-state index contributed by atoms with van der Waals surface area (Å²) in [7, 11) is -5.05. The number of hydrogen-bond donors (Lipinski definition) is 0. The zero-order valence-electron chi connectivity index (χ0n) is 19.8. The van der Waals surface area contributed by atoms with Gasteiger partial charge in [0.25, 0.3) is 0 Å². The number of hydrogen-bond acceptors (Lipinski definition) is 3. The Labute approximate surface area is 129 Å². The van der Waals surface area contributed by atoms with E-state index in [9.17, 15) is 8.42 Å². The SMILES string of the molecule is [2H]c1c([2H])c([C@@H]2CCCN(C([2H])([2H])CC)C2)c([2H])c(S(=O)(=O)C([2H])([2H])[2H])c1[2H]. The van der Waals surface area contributed by atoms with Crippen molar-refractivity contribution in [1.29, 1.82) is 0 Å². The Morgan fingerprint density at radius 2 is 2.42 bits per heavy atom. The Bertz CT molecular complexity index is 867. The minimum atomic E-state index is -5.05. The van der Waals surface area contributed by atoms with E-state index in [1.165, 1.54) is 0 Å². The summed E-state index contributed by atoms with van der Waals surface area (Å²) in [4.78, 5) is 0.495. The van der Waals surface area contributed by atoms with Crippen molar-refractivity contribution < 1.29 is 20.8 Å². The predicted octanol–water partition coefficient (Wildman–Crippen LogP) is 2.68. The van der Waals surface area contributed by atoms with Crippen molar-refractivity contribution in [3.05, 3.63) is 29.7 Å². The molecule has 1 aromatic carbocycles. The van der Waals surface area contributed by atoms with Crippen molar-refractivity contribution in [2.75, 3.05) is 25.8 Å². The summed E-state index contributed by atoms with van der Waals surface area (Å²) in [5, 5.41) is 0. The molecule has 19 heavy (non-hydrogen) atoms. The van der Waals surface area contributed by atoms with E-state index in [2.05, 4.69) is 0 Å². The summed E-state index contributed by atoms with van der Waals surface area (Å²) < 4.78 is 95.1. The van der Waals surface area contributed by atoms with Crippen LogP contribution in [0.5, 0.6) is 0 Å². The maximum Gasteiger partial charge on any atom is 0.175 e. The number of rotatable bonds is 4. The highest BCUT2D eigenvalue weighted by Gasteiger charge is 2.21. The molecule has 0 unspecified atom stereocenters. The summed E-state index contributed by atoms with van der Waals surface area (Å²) in [5.74, 6) is -0.606. The summed E-state index contributed by atoms with van der Waals surface area (Å²) >= 11 is 0. The van der Waals surface area contributed by atoms with Gasteiger partial charge in [-0.05, 0) is 55.9 Å². The van der Waals surface area contributed by atoms with Gasteiger partial charge < -0.3 is 4.90 Å². The number of nitrogens with zero attached hydrogens (tertiary/aromatic N) is 1. The van der Waals surface area contributed by atoms with Crippen molar-refractivity contribution in [3.63, 3.8) is 0 Å². The number of likely N-dealkylation sites (tertiary alicyclic amines) is 1. The lowest BCUT2D eigenvalue weighted by Gasteiger charge is -2.32. The van der Waals surface area contributed by atoms with Crippen LogP contribution in [0.4, 0.5) is 0 Å². The summed E-state index contributed by atoms with van der Waals surface area (Å²) in [6.45, 7) is 0.647. The first-order chi connectivity index (χ1) is 12.7.